The van der Waals surface area contributed by atoms with Gasteiger partial charge in [0.05, 0.1) is 12.5 Å². The predicted molar refractivity (Wildman–Crippen MR) is 30.8 cm³/mol. The Hall–Kier alpha value is -0.900. The third-order valence-corrected chi connectivity index (χ3v) is 0.869. The van der Waals surface area contributed by atoms with Gasteiger partial charge in [-0.25, -0.2) is 0 Å². The molecule has 0 aliphatic rings. The molecule has 1 radical (unpaired) electrons. The molecule has 0 aromatic rings. The molecule has 0 aliphatic heterocycles. The lowest BCUT2D eigenvalue weighted by molar-refractivity contribution is -0.137. The maximum absolute atomic E-state index is 9.91. The first-order valence-corrected chi connectivity index (χ1v) is 2.47. The van der Waals surface area contributed by atoms with Gasteiger partial charge in [-0.15, -0.1) is 0 Å². The van der Waals surface area contributed by atoms with Crippen molar-refractivity contribution >= 4 is 12.3 Å². The van der Waals surface area contributed by atoms with Crippen molar-refractivity contribution in [3.8, 4) is 0 Å². The quantitative estimate of drug-likeness (QED) is 0.520. The zero-order valence-electron chi connectivity index (χ0n) is 5.05. The van der Waals surface area contributed by atoms with Gasteiger partial charge in [-0.2, -0.15) is 0 Å². The van der Waals surface area contributed by atoms with E-state index in [1.54, 1.807) is 6.29 Å². The van der Waals surface area contributed by atoms with E-state index in [1.165, 1.54) is 7.05 Å². The van der Waals surface area contributed by atoms with Crippen molar-refractivity contribution in [2.75, 3.05) is 7.05 Å². The van der Waals surface area contributed by atoms with Crippen molar-refractivity contribution in [1.82, 2.24) is 5.32 Å². The minimum Gasteiger partial charge on any atom is -0.481 e. The van der Waals surface area contributed by atoms with Crippen LogP contribution in [0.25, 0.3) is 0 Å². The number of hydrogen-bond acceptors (Lipinski definition) is 3. The van der Waals surface area contributed by atoms with E-state index in [-0.39, 0.29) is 6.42 Å². The van der Waals surface area contributed by atoms with Crippen molar-refractivity contribution in [2.45, 2.75) is 12.5 Å². The Morgan fingerprint density at radius 3 is 2.56 bits per heavy atom. The minimum absolute atomic E-state index is 0.208. The summed E-state index contributed by atoms with van der Waals surface area (Å²) >= 11 is 0. The topological polar surface area (TPSA) is 66.4 Å². The summed E-state index contributed by atoms with van der Waals surface area (Å²) in [4.78, 5) is 19.7. The molecule has 2 N–H and O–H groups in total. The number of aliphatic carboxylic acids is 1. The average Bonchev–Trinajstić information content (AvgIpc) is 1.82. The largest absolute Gasteiger partial charge is 0.481 e. The van der Waals surface area contributed by atoms with E-state index >= 15 is 0 Å². The van der Waals surface area contributed by atoms with Gasteiger partial charge in [0.1, 0.15) is 0 Å². The van der Waals surface area contributed by atoms with Crippen LogP contribution in [0.2, 0.25) is 0 Å². The summed E-state index contributed by atoms with van der Waals surface area (Å²) in [5.74, 6) is -1.00. The normalized spacial score (nSPS) is 12.6. The summed E-state index contributed by atoms with van der Waals surface area (Å²) in [5.41, 5.74) is 0. The lowest BCUT2D eigenvalue weighted by Crippen LogP contribution is -2.29. The van der Waals surface area contributed by atoms with Gasteiger partial charge in [0.25, 0.3) is 0 Å². The van der Waals surface area contributed by atoms with Crippen LogP contribution in [0.4, 0.5) is 0 Å². The van der Waals surface area contributed by atoms with Crippen LogP contribution in [-0.2, 0) is 9.59 Å². The molecular weight excluding hydrogens is 122 g/mol. The second-order valence-corrected chi connectivity index (χ2v) is 1.56. The Kier molecular flexibility index (Phi) is 3.62. The van der Waals surface area contributed by atoms with Crippen molar-refractivity contribution in [3.05, 3.63) is 0 Å². The zero-order valence-corrected chi connectivity index (χ0v) is 5.05. The molecule has 0 aromatic carbocycles. The number of carboxylic acids is 1. The fourth-order valence-electron chi connectivity index (χ4n) is 0.377. The fourth-order valence-corrected chi connectivity index (χ4v) is 0.377. The molecule has 0 saturated heterocycles. The zero-order chi connectivity index (χ0) is 7.28. The van der Waals surface area contributed by atoms with Gasteiger partial charge in [0.2, 0.25) is 6.29 Å². The van der Waals surface area contributed by atoms with Gasteiger partial charge in [-0.1, -0.05) is 0 Å². The Morgan fingerprint density at radius 2 is 2.44 bits per heavy atom. The monoisotopic (exact) mass is 130 g/mol. The van der Waals surface area contributed by atoms with E-state index in [0.717, 1.165) is 0 Å². The number of likely N-dealkylation sites (N-methyl/N-ethyl adjacent to an activating group) is 1. The number of carbonyl (C=O) groups excluding carboxylic acids is 1. The van der Waals surface area contributed by atoms with Gasteiger partial charge in [0, 0.05) is 0 Å². The summed E-state index contributed by atoms with van der Waals surface area (Å²) in [6.45, 7) is 0. The van der Waals surface area contributed by atoms with Crippen molar-refractivity contribution in [2.24, 2.45) is 0 Å². The van der Waals surface area contributed by atoms with Crippen LogP contribution in [0.5, 0.6) is 0 Å². The van der Waals surface area contributed by atoms with Crippen LogP contribution in [0.1, 0.15) is 6.42 Å². The van der Waals surface area contributed by atoms with Crippen LogP contribution < -0.4 is 5.32 Å². The van der Waals surface area contributed by atoms with E-state index < -0.39 is 12.0 Å². The molecule has 51 valence electrons. The van der Waals surface area contributed by atoms with Gasteiger partial charge >= 0.3 is 5.97 Å². The first-order valence-electron chi connectivity index (χ1n) is 2.47. The second kappa shape index (κ2) is 4.03. The SMILES string of the molecule is CN[C@H]([C]=O)CC(=O)O. The standard InChI is InChI=1S/C5H8NO3/c1-6-4(3-7)2-5(8)9/h4,6H,2H2,1H3,(H,8,9)/t4-/m0/s1. The molecule has 0 spiro atoms. The lowest BCUT2D eigenvalue weighted by atomic mass is 10.2. The van der Waals surface area contributed by atoms with E-state index in [0.29, 0.717) is 0 Å². The molecule has 9 heavy (non-hydrogen) atoms. The Balaban J connectivity index is 3.55. The summed E-state index contributed by atoms with van der Waals surface area (Å²) in [7, 11) is 1.51. The fraction of sp³-hybridized carbons (Fsp3) is 0.600. The molecule has 0 bridgehead atoms. The maximum atomic E-state index is 9.91. The summed E-state index contributed by atoms with van der Waals surface area (Å²) in [6, 6.07) is -0.678. The first-order chi connectivity index (χ1) is 4.20. The molecule has 0 amide bonds. The highest BCUT2D eigenvalue weighted by Crippen LogP contribution is 1.84. The number of carbonyl (C=O) groups is 1. The first kappa shape index (κ1) is 8.10. The minimum atomic E-state index is -1.00. The Bertz CT molecular complexity index is 113. The predicted octanol–water partition coefficient (Wildman–Crippen LogP) is -0.841. The van der Waals surface area contributed by atoms with E-state index in [4.69, 9.17) is 5.11 Å². The molecule has 1 atom stereocenters. The smallest absolute Gasteiger partial charge is 0.305 e. The average molecular weight is 130 g/mol. The molecule has 0 rings (SSSR count). The highest BCUT2D eigenvalue weighted by molar-refractivity contribution is 5.73. The molecule has 0 aliphatic carbocycles. The van der Waals surface area contributed by atoms with Gasteiger partial charge in [-0.3, -0.25) is 9.59 Å². The summed E-state index contributed by atoms with van der Waals surface area (Å²) < 4.78 is 0. The number of hydrogen-bond donors (Lipinski definition) is 2. The van der Waals surface area contributed by atoms with Crippen LogP contribution in [0.15, 0.2) is 0 Å². The number of nitrogens with one attached hydrogen (secondary N) is 1. The van der Waals surface area contributed by atoms with Crippen molar-refractivity contribution in [1.29, 1.82) is 0 Å². The Labute approximate surface area is 52.9 Å². The third kappa shape index (κ3) is 3.66. The molecule has 0 aromatic heterocycles. The van der Waals surface area contributed by atoms with E-state index in [2.05, 4.69) is 5.32 Å². The van der Waals surface area contributed by atoms with Crippen LogP contribution in [0, 0.1) is 0 Å². The van der Waals surface area contributed by atoms with Gasteiger partial charge in [0.15, 0.2) is 0 Å². The van der Waals surface area contributed by atoms with Crippen LogP contribution in [0.3, 0.4) is 0 Å². The van der Waals surface area contributed by atoms with E-state index in [1.807, 2.05) is 0 Å². The lowest BCUT2D eigenvalue weighted by Gasteiger charge is -2.01. The molecule has 4 nitrogen and oxygen atoms in total. The number of rotatable bonds is 4. The van der Waals surface area contributed by atoms with Crippen LogP contribution in [-0.4, -0.2) is 30.5 Å². The van der Waals surface area contributed by atoms with Gasteiger partial charge < -0.3 is 10.4 Å². The van der Waals surface area contributed by atoms with Crippen LogP contribution >= 0.6 is 0 Å². The molecule has 4 heteroatoms. The molecule has 0 saturated carbocycles. The number of carboxylic acid groups (broad SMARTS) is 1. The Morgan fingerprint density at radius 1 is 1.89 bits per heavy atom. The second-order valence-electron chi connectivity index (χ2n) is 1.56. The maximum Gasteiger partial charge on any atom is 0.305 e. The molecule has 0 unspecified atom stereocenters. The third-order valence-electron chi connectivity index (χ3n) is 0.869. The highest BCUT2D eigenvalue weighted by Gasteiger charge is 2.08. The van der Waals surface area contributed by atoms with Crippen molar-refractivity contribution < 1.29 is 14.7 Å². The molecule has 0 heterocycles. The molecular formula is C5H8NO3. The molecule has 0 fully saturated rings. The summed E-state index contributed by atoms with van der Waals surface area (Å²) in [6.07, 6.45) is 1.33. The van der Waals surface area contributed by atoms with Gasteiger partial charge in [-0.05, 0) is 7.05 Å². The summed E-state index contributed by atoms with van der Waals surface area (Å²) in [5, 5.41) is 10.6. The van der Waals surface area contributed by atoms with E-state index in [9.17, 15) is 9.59 Å². The van der Waals surface area contributed by atoms with Crippen molar-refractivity contribution in [3.63, 3.8) is 0 Å². The highest BCUT2D eigenvalue weighted by atomic mass is 16.4.